The number of carbonyl (C=O) groups is 1. The van der Waals surface area contributed by atoms with Crippen molar-refractivity contribution < 1.29 is 18.7 Å². The zero-order valence-corrected chi connectivity index (χ0v) is 19.8. The molecule has 2 atom stereocenters. The van der Waals surface area contributed by atoms with Gasteiger partial charge in [0.05, 0.1) is 36.4 Å². The minimum atomic E-state index is -0.525. The van der Waals surface area contributed by atoms with Gasteiger partial charge in [0.15, 0.2) is 11.5 Å². The number of anilines is 3. The first-order valence-electron chi connectivity index (χ1n) is 12.1. The van der Waals surface area contributed by atoms with Gasteiger partial charge in [0, 0.05) is 25.2 Å². The number of halogens is 2. The lowest BCUT2D eigenvalue weighted by Crippen LogP contribution is -2.25. The van der Waals surface area contributed by atoms with Gasteiger partial charge in [0.25, 0.3) is 5.91 Å². The van der Waals surface area contributed by atoms with Crippen molar-refractivity contribution in [2.45, 2.75) is 31.4 Å². The van der Waals surface area contributed by atoms with Gasteiger partial charge in [0.1, 0.15) is 17.5 Å². The van der Waals surface area contributed by atoms with Crippen molar-refractivity contribution in [3.8, 4) is 0 Å². The molecule has 6 rings (SSSR count). The van der Waals surface area contributed by atoms with E-state index in [1.54, 1.807) is 24.5 Å². The van der Waals surface area contributed by atoms with Crippen molar-refractivity contribution in [1.82, 2.24) is 24.6 Å². The van der Waals surface area contributed by atoms with Crippen LogP contribution in [0, 0.1) is 11.6 Å². The van der Waals surface area contributed by atoms with E-state index in [0.717, 1.165) is 24.2 Å². The van der Waals surface area contributed by atoms with Crippen LogP contribution < -0.4 is 15.1 Å². The summed E-state index contributed by atoms with van der Waals surface area (Å²) in [6, 6.07) is 6.66. The first-order valence-corrected chi connectivity index (χ1v) is 12.1. The summed E-state index contributed by atoms with van der Waals surface area (Å²) in [5, 5.41) is 17.1. The molecule has 1 aromatic carbocycles. The van der Waals surface area contributed by atoms with Crippen LogP contribution in [-0.2, 0) is 0 Å². The summed E-state index contributed by atoms with van der Waals surface area (Å²) in [5.41, 5.74) is 1.54. The Balaban J connectivity index is 1.23. The van der Waals surface area contributed by atoms with E-state index in [2.05, 4.69) is 25.4 Å². The van der Waals surface area contributed by atoms with E-state index in [1.165, 1.54) is 16.8 Å². The SMILES string of the molecule is O=C(Nc1cnc2ccc(N3CCCC3c3cc(F)ccc3F)nn12)c1ncc(N2CCC(O)C2)cn1. The highest BCUT2D eigenvalue weighted by Gasteiger charge is 2.30. The smallest absolute Gasteiger partial charge is 0.294 e. The van der Waals surface area contributed by atoms with Crippen LogP contribution in [0.25, 0.3) is 5.65 Å². The van der Waals surface area contributed by atoms with Crippen LogP contribution in [0.3, 0.4) is 0 Å². The average Bonchev–Trinajstić information content (AvgIpc) is 3.65. The highest BCUT2D eigenvalue weighted by atomic mass is 19.1. The highest BCUT2D eigenvalue weighted by molar-refractivity contribution is 6.01. The van der Waals surface area contributed by atoms with E-state index >= 15 is 0 Å². The van der Waals surface area contributed by atoms with Gasteiger partial charge in [-0.15, -0.1) is 5.10 Å². The van der Waals surface area contributed by atoms with E-state index in [1.807, 2.05) is 9.80 Å². The summed E-state index contributed by atoms with van der Waals surface area (Å²) in [6.07, 6.45) is 6.38. The lowest BCUT2D eigenvalue weighted by atomic mass is 10.0. The van der Waals surface area contributed by atoms with Gasteiger partial charge in [-0.3, -0.25) is 4.79 Å². The van der Waals surface area contributed by atoms with Crippen LogP contribution in [0.2, 0.25) is 0 Å². The fourth-order valence-electron chi connectivity index (χ4n) is 4.99. The Labute approximate surface area is 210 Å². The van der Waals surface area contributed by atoms with E-state index in [4.69, 9.17) is 0 Å². The summed E-state index contributed by atoms with van der Waals surface area (Å²) in [7, 11) is 0. The topological polar surface area (TPSA) is 112 Å². The summed E-state index contributed by atoms with van der Waals surface area (Å²) < 4.78 is 29.9. The molecule has 0 aliphatic carbocycles. The predicted molar refractivity (Wildman–Crippen MR) is 131 cm³/mol. The van der Waals surface area contributed by atoms with Gasteiger partial charge in [-0.1, -0.05) is 0 Å². The number of aliphatic hydroxyl groups is 1. The number of aliphatic hydroxyl groups excluding tert-OH is 1. The zero-order valence-electron chi connectivity index (χ0n) is 19.8. The number of nitrogens with zero attached hydrogens (tertiary/aromatic N) is 7. The zero-order chi connectivity index (χ0) is 25.5. The Morgan fingerprint density at radius 2 is 1.86 bits per heavy atom. The Kier molecular flexibility index (Phi) is 5.87. The van der Waals surface area contributed by atoms with Gasteiger partial charge in [-0.05, 0) is 49.6 Å². The van der Waals surface area contributed by atoms with E-state index in [-0.39, 0.29) is 18.0 Å². The second kappa shape index (κ2) is 9.36. The average molecular weight is 507 g/mol. The Morgan fingerprint density at radius 1 is 1.03 bits per heavy atom. The van der Waals surface area contributed by atoms with Gasteiger partial charge in [-0.2, -0.15) is 4.52 Å². The monoisotopic (exact) mass is 506 g/mol. The first kappa shape index (κ1) is 23.2. The molecule has 190 valence electrons. The molecule has 0 radical (unpaired) electrons. The van der Waals surface area contributed by atoms with Gasteiger partial charge in [0.2, 0.25) is 5.82 Å². The standard InChI is InChI=1S/C25H24F2N8O2/c26-15-3-4-19(27)18(10-15)20-2-1-8-34(20)22-6-5-21-28-13-23(35(21)32-22)31-25(37)24-29-11-16(12-30-24)33-9-7-17(36)14-33/h3-6,10-13,17,20,36H,1-2,7-9,14H2,(H,31,37). The van der Waals surface area contributed by atoms with Crippen LogP contribution in [0.15, 0.2) is 48.9 Å². The number of amides is 1. The maximum Gasteiger partial charge on any atom is 0.294 e. The predicted octanol–water partition coefficient (Wildman–Crippen LogP) is 2.96. The number of benzene rings is 1. The van der Waals surface area contributed by atoms with Crippen molar-refractivity contribution >= 4 is 28.9 Å². The van der Waals surface area contributed by atoms with Crippen molar-refractivity contribution in [1.29, 1.82) is 0 Å². The maximum atomic E-state index is 14.5. The Hall–Kier alpha value is -4.19. The molecule has 2 unspecified atom stereocenters. The fraction of sp³-hybridized carbons (Fsp3) is 0.320. The largest absolute Gasteiger partial charge is 0.391 e. The number of hydrogen-bond acceptors (Lipinski definition) is 8. The molecule has 3 aromatic heterocycles. The van der Waals surface area contributed by atoms with Crippen LogP contribution >= 0.6 is 0 Å². The number of imidazole rings is 1. The molecule has 0 spiro atoms. The molecule has 5 heterocycles. The van der Waals surface area contributed by atoms with Crippen molar-refractivity contribution in [2.24, 2.45) is 0 Å². The summed E-state index contributed by atoms with van der Waals surface area (Å²) in [4.78, 5) is 29.4. The quantitative estimate of drug-likeness (QED) is 0.425. The van der Waals surface area contributed by atoms with Gasteiger partial charge >= 0.3 is 0 Å². The second-order valence-corrected chi connectivity index (χ2v) is 9.23. The molecule has 0 bridgehead atoms. The maximum absolute atomic E-state index is 14.5. The van der Waals surface area contributed by atoms with Gasteiger partial charge in [-0.25, -0.2) is 23.7 Å². The third kappa shape index (κ3) is 4.44. The van der Waals surface area contributed by atoms with Crippen LogP contribution in [-0.4, -0.2) is 61.3 Å². The van der Waals surface area contributed by atoms with Crippen molar-refractivity contribution in [3.63, 3.8) is 0 Å². The molecule has 2 fully saturated rings. The molecule has 4 aromatic rings. The Morgan fingerprint density at radius 3 is 2.65 bits per heavy atom. The number of fused-ring (bicyclic) bond motifs is 1. The number of carbonyl (C=O) groups excluding carboxylic acids is 1. The molecule has 37 heavy (non-hydrogen) atoms. The summed E-state index contributed by atoms with van der Waals surface area (Å²) in [5.74, 6) is -0.606. The third-order valence-corrected chi connectivity index (χ3v) is 6.82. The van der Waals surface area contributed by atoms with Crippen molar-refractivity contribution in [2.75, 3.05) is 34.8 Å². The minimum absolute atomic E-state index is 0.0178. The molecule has 2 aliphatic heterocycles. The number of rotatable bonds is 5. The highest BCUT2D eigenvalue weighted by Crippen LogP contribution is 2.36. The molecule has 2 saturated heterocycles. The number of aromatic nitrogens is 5. The lowest BCUT2D eigenvalue weighted by molar-refractivity contribution is 0.101. The Bertz CT molecular complexity index is 1460. The van der Waals surface area contributed by atoms with E-state index < -0.39 is 17.5 Å². The van der Waals surface area contributed by atoms with Crippen LogP contribution in [0.4, 0.5) is 26.1 Å². The molecular weight excluding hydrogens is 482 g/mol. The minimum Gasteiger partial charge on any atom is -0.391 e. The number of nitrogens with one attached hydrogen (secondary N) is 1. The van der Waals surface area contributed by atoms with E-state index in [0.29, 0.717) is 55.3 Å². The summed E-state index contributed by atoms with van der Waals surface area (Å²) >= 11 is 0. The molecule has 10 nitrogen and oxygen atoms in total. The van der Waals surface area contributed by atoms with E-state index in [9.17, 15) is 18.7 Å². The van der Waals surface area contributed by atoms with Crippen molar-refractivity contribution in [3.05, 3.63) is 71.9 Å². The molecule has 1 amide bonds. The normalized spacial score (nSPS) is 19.6. The first-order chi connectivity index (χ1) is 18.0. The molecule has 12 heteroatoms. The fourth-order valence-corrected chi connectivity index (χ4v) is 4.99. The molecule has 2 aliphatic rings. The number of β-amino-alcohol motifs (C(OH)–C–C–N with tert-alkyl or cyclic N) is 1. The lowest BCUT2D eigenvalue weighted by Gasteiger charge is -2.26. The summed E-state index contributed by atoms with van der Waals surface area (Å²) in [6.45, 7) is 1.84. The van der Waals surface area contributed by atoms with Crippen LogP contribution in [0.1, 0.15) is 41.5 Å². The molecular formula is C25H24F2N8O2. The van der Waals surface area contributed by atoms with Gasteiger partial charge < -0.3 is 20.2 Å². The molecule has 0 saturated carbocycles. The third-order valence-electron chi connectivity index (χ3n) is 6.82. The van der Waals surface area contributed by atoms with Crippen LogP contribution in [0.5, 0.6) is 0 Å². The molecule has 2 N–H and O–H groups in total. The number of hydrogen-bond donors (Lipinski definition) is 2. The second-order valence-electron chi connectivity index (χ2n) is 9.23.